The maximum absolute atomic E-state index is 13.2. The molecule has 2 aromatic rings. The summed E-state index contributed by atoms with van der Waals surface area (Å²) in [7, 11) is 0. The molecule has 2 aromatic carbocycles. The number of esters is 1. The Kier molecular flexibility index (Phi) is 6.24. The Morgan fingerprint density at radius 2 is 1.58 bits per heavy atom. The van der Waals surface area contributed by atoms with Crippen molar-refractivity contribution in [2.45, 2.75) is 51.9 Å². The molecule has 0 aromatic heterocycles. The smallest absolute Gasteiger partial charge is 0.331 e. The van der Waals surface area contributed by atoms with E-state index in [0.717, 1.165) is 9.96 Å². The summed E-state index contributed by atoms with van der Waals surface area (Å²) in [6.07, 6.45) is 0. The van der Waals surface area contributed by atoms with Crippen LogP contribution < -0.4 is 0 Å². The molecular formula is C23H25FN2O5. The lowest BCUT2D eigenvalue weighted by Gasteiger charge is -2.35. The van der Waals surface area contributed by atoms with Crippen molar-refractivity contribution in [1.82, 2.24) is 9.96 Å². The van der Waals surface area contributed by atoms with Crippen LogP contribution in [0.1, 0.15) is 54.0 Å². The Morgan fingerprint density at radius 3 is 2.06 bits per heavy atom. The van der Waals surface area contributed by atoms with Crippen LogP contribution in [0, 0.1) is 5.82 Å². The van der Waals surface area contributed by atoms with Crippen molar-refractivity contribution >= 4 is 17.8 Å². The number of carbonyl (C=O) groups excluding carboxylic acids is 3. The third kappa shape index (κ3) is 4.81. The SMILES string of the molecule is CC(C(C(=O)OC(C)(C)C)N1C(=O)c2ccccc2C1=O)N(O)Cc1ccc(F)cc1. The minimum absolute atomic E-state index is 0.0517. The molecule has 7 nitrogen and oxygen atoms in total. The molecule has 0 saturated heterocycles. The Bertz CT molecular complexity index is 965. The predicted molar refractivity (Wildman–Crippen MR) is 110 cm³/mol. The predicted octanol–water partition coefficient (Wildman–Crippen LogP) is 3.41. The van der Waals surface area contributed by atoms with Crippen LogP contribution in [0.25, 0.3) is 0 Å². The second-order valence-electron chi connectivity index (χ2n) is 8.47. The van der Waals surface area contributed by atoms with E-state index in [2.05, 4.69) is 0 Å². The third-order valence-corrected chi connectivity index (χ3v) is 4.94. The first kappa shape index (κ1) is 22.6. The third-order valence-electron chi connectivity index (χ3n) is 4.94. The number of benzene rings is 2. The summed E-state index contributed by atoms with van der Waals surface area (Å²) in [5.74, 6) is -2.48. The van der Waals surface area contributed by atoms with Crippen LogP contribution in [-0.4, -0.2) is 50.6 Å². The lowest BCUT2D eigenvalue weighted by molar-refractivity contribution is -0.177. The van der Waals surface area contributed by atoms with E-state index in [-0.39, 0.29) is 17.7 Å². The van der Waals surface area contributed by atoms with Crippen LogP contribution in [0.3, 0.4) is 0 Å². The Hall–Kier alpha value is -3.10. The van der Waals surface area contributed by atoms with Gasteiger partial charge < -0.3 is 9.94 Å². The van der Waals surface area contributed by atoms with E-state index < -0.39 is 41.3 Å². The van der Waals surface area contributed by atoms with E-state index in [1.165, 1.54) is 43.3 Å². The van der Waals surface area contributed by atoms with Gasteiger partial charge in [-0.15, -0.1) is 0 Å². The maximum atomic E-state index is 13.2. The Morgan fingerprint density at radius 1 is 1.06 bits per heavy atom. The number of hydrogen-bond donors (Lipinski definition) is 1. The van der Waals surface area contributed by atoms with E-state index in [4.69, 9.17) is 4.74 Å². The highest BCUT2D eigenvalue weighted by atomic mass is 19.1. The molecule has 164 valence electrons. The molecular weight excluding hydrogens is 403 g/mol. The largest absolute Gasteiger partial charge is 0.458 e. The summed E-state index contributed by atoms with van der Waals surface area (Å²) in [5, 5.41) is 11.5. The number of amides is 2. The minimum atomic E-state index is -1.39. The van der Waals surface area contributed by atoms with Gasteiger partial charge in [0.05, 0.1) is 17.2 Å². The van der Waals surface area contributed by atoms with Crippen molar-refractivity contribution in [2.24, 2.45) is 0 Å². The van der Waals surface area contributed by atoms with Crippen LogP contribution >= 0.6 is 0 Å². The number of ether oxygens (including phenoxy) is 1. The maximum Gasteiger partial charge on any atom is 0.331 e. The first-order chi connectivity index (χ1) is 14.5. The summed E-state index contributed by atoms with van der Waals surface area (Å²) < 4.78 is 18.6. The molecule has 2 amide bonds. The standard InChI is InChI=1S/C23H25FN2O5/c1-14(25(30)13-15-9-11-16(24)12-10-15)19(22(29)31-23(2,3)4)26-20(27)17-7-5-6-8-18(17)21(26)28/h5-12,14,19,30H,13H2,1-4H3. The van der Waals surface area contributed by atoms with Gasteiger partial charge in [0.25, 0.3) is 11.8 Å². The fourth-order valence-electron chi connectivity index (χ4n) is 3.42. The molecule has 0 fully saturated rings. The number of carbonyl (C=O) groups is 3. The van der Waals surface area contributed by atoms with E-state index in [0.29, 0.717) is 5.56 Å². The van der Waals surface area contributed by atoms with Gasteiger partial charge in [0.2, 0.25) is 0 Å². The van der Waals surface area contributed by atoms with Gasteiger partial charge in [-0.2, -0.15) is 5.06 Å². The minimum Gasteiger partial charge on any atom is -0.458 e. The normalized spacial score (nSPS) is 15.8. The molecule has 0 bridgehead atoms. The number of hydroxylamine groups is 2. The fourth-order valence-corrected chi connectivity index (χ4v) is 3.42. The first-order valence-corrected chi connectivity index (χ1v) is 9.89. The van der Waals surface area contributed by atoms with E-state index in [9.17, 15) is 24.0 Å². The first-order valence-electron chi connectivity index (χ1n) is 9.89. The molecule has 8 heteroatoms. The summed E-state index contributed by atoms with van der Waals surface area (Å²) in [6, 6.07) is 9.40. The van der Waals surface area contributed by atoms with E-state index >= 15 is 0 Å². The number of hydrogen-bond acceptors (Lipinski definition) is 6. The van der Waals surface area contributed by atoms with Crippen molar-refractivity contribution in [2.75, 3.05) is 0 Å². The Balaban J connectivity index is 1.93. The average Bonchev–Trinajstić information content (AvgIpc) is 2.94. The number of halogens is 1. The van der Waals surface area contributed by atoms with Crippen LogP contribution in [0.2, 0.25) is 0 Å². The van der Waals surface area contributed by atoms with Crippen LogP contribution in [0.15, 0.2) is 48.5 Å². The monoisotopic (exact) mass is 428 g/mol. The molecule has 31 heavy (non-hydrogen) atoms. The molecule has 0 aliphatic carbocycles. The molecule has 0 radical (unpaired) electrons. The van der Waals surface area contributed by atoms with Crippen molar-refractivity contribution in [3.8, 4) is 0 Å². The van der Waals surface area contributed by atoms with Gasteiger partial charge >= 0.3 is 5.97 Å². The molecule has 0 saturated carbocycles. The van der Waals surface area contributed by atoms with Gasteiger partial charge in [-0.1, -0.05) is 24.3 Å². The van der Waals surface area contributed by atoms with Crippen molar-refractivity contribution in [1.29, 1.82) is 0 Å². The van der Waals surface area contributed by atoms with E-state index in [1.54, 1.807) is 32.9 Å². The van der Waals surface area contributed by atoms with Gasteiger partial charge in [-0.05, 0) is 57.5 Å². The number of fused-ring (bicyclic) bond motifs is 1. The molecule has 1 heterocycles. The summed E-state index contributed by atoms with van der Waals surface area (Å²) in [6.45, 7) is 6.48. The number of imide groups is 1. The number of nitrogens with zero attached hydrogens (tertiary/aromatic N) is 2. The highest BCUT2D eigenvalue weighted by Crippen LogP contribution is 2.28. The highest BCUT2D eigenvalue weighted by molar-refractivity contribution is 6.22. The van der Waals surface area contributed by atoms with Crippen LogP contribution in [0.5, 0.6) is 0 Å². The molecule has 2 atom stereocenters. The Labute approximate surface area is 180 Å². The number of rotatable bonds is 6. The van der Waals surface area contributed by atoms with Gasteiger partial charge in [0, 0.05) is 6.54 Å². The molecule has 3 rings (SSSR count). The molecule has 1 N–H and O–H groups in total. The van der Waals surface area contributed by atoms with Crippen molar-refractivity contribution in [3.63, 3.8) is 0 Å². The highest BCUT2D eigenvalue weighted by Gasteiger charge is 2.47. The summed E-state index contributed by atoms with van der Waals surface area (Å²) in [5.41, 5.74) is 0.0962. The topological polar surface area (TPSA) is 87.2 Å². The summed E-state index contributed by atoms with van der Waals surface area (Å²) in [4.78, 5) is 39.9. The van der Waals surface area contributed by atoms with Crippen molar-refractivity contribution < 1.29 is 28.7 Å². The zero-order chi connectivity index (χ0) is 22.9. The molecule has 1 aliphatic rings. The second-order valence-corrected chi connectivity index (χ2v) is 8.47. The van der Waals surface area contributed by atoms with Gasteiger partial charge in [0.1, 0.15) is 11.4 Å². The molecule has 1 aliphatic heterocycles. The summed E-state index contributed by atoms with van der Waals surface area (Å²) >= 11 is 0. The fraction of sp³-hybridized carbons (Fsp3) is 0.348. The second kappa shape index (κ2) is 8.56. The van der Waals surface area contributed by atoms with Crippen LogP contribution in [0.4, 0.5) is 4.39 Å². The zero-order valence-electron chi connectivity index (χ0n) is 17.8. The van der Waals surface area contributed by atoms with Gasteiger partial charge in [-0.25, -0.2) is 9.18 Å². The zero-order valence-corrected chi connectivity index (χ0v) is 17.8. The van der Waals surface area contributed by atoms with Gasteiger partial charge in [-0.3, -0.25) is 14.5 Å². The molecule has 2 unspecified atom stereocenters. The quantitative estimate of drug-likeness (QED) is 0.431. The van der Waals surface area contributed by atoms with E-state index in [1.807, 2.05) is 0 Å². The molecule has 0 spiro atoms. The van der Waals surface area contributed by atoms with Crippen molar-refractivity contribution in [3.05, 3.63) is 71.0 Å². The average molecular weight is 428 g/mol. The lowest BCUT2D eigenvalue weighted by atomic mass is 10.1. The van der Waals surface area contributed by atoms with Crippen LogP contribution in [-0.2, 0) is 16.1 Å². The van der Waals surface area contributed by atoms with Gasteiger partial charge in [0.15, 0.2) is 6.04 Å². The lowest BCUT2D eigenvalue weighted by Crippen LogP contribution is -2.57.